The van der Waals surface area contributed by atoms with Crippen molar-refractivity contribution in [1.82, 2.24) is 4.83 Å². The predicted molar refractivity (Wildman–Crippen MR) is 88.2 cm³/mol. The second-order valence-electron chi connectivity index (χ2n) is 7.31. The van der Waals surface area contributed by atoms with E-state index in [0.717, 1.165) is 30.5 Å². The van der Waals surface area contributed by atoms with Crippen LogP contribution in [-0.4, -0.2) is 14.1 Å². The van der Waals surface area contributed by atoms with Crippen LogP contribution in [0, 0.1) is 24.2 Å². The van der Waals surface area contributed by atoms with Gasteiger partial charge in [0.05, 0.1) is 4.90 Å². The number of hydrogen-bond acceptors (Lipinski definition) is 3. The smallest absolute Gasteiger partial charge is 0.200 e. The van der Waals surface area contributed by atoms with Crippen molar-refractivity contribution in [2.75, 3.05) is 0 Å². The van der Waals surface area contributed by atoms with E-state index in [1.54, 1.807) is 24.3 Å². The Hall–Kier alpha value is -1.36. The minimum atomic E-state index is -3.56. The van der Waals surface area contributed by atoms with Gasteiger partial charge in [0.2, 0.25) is 0 Å². The van der Waals surface area contributed by atoms with Crippen LogP contribution in [0.3, 0.4) is 0 Å². The van der Waals surface area contributed by atoms with E-state index in [9.17, 15) is 8.42 Å². The molecule has 0 radical (unpaired) electrons. The van der Waals surface area contributed by atoms with Crippen LogP contribution in [-0.2, 0) is 10.0 Å². The van der Waals surface area contributed by atoms with Crippen LogP contribution in [0.4, 0.5) is 0 Å². The Kier molecular flexibility index (Phi) is 3.79. The second-order valence-corrected chi connectivity index (χ2v) is 8.97. The molecule has 0 spiro atoms. The lowest BCUT2D eigenvalue weighted by atomic mass is 9.50. The van der Waals surface area contributed by atoms with Gasteiger partial charge in [0.25, 0.3) is 10.0 Å². The van der Waals surface area contributed by atoms with E-state index < -0.39 is 10.0 Å². The van der Waals surface area contributed by atoms with Crippen LogP contribution >= 0.6 is 0 Å². The zero-order valence-corrected chi connectivity index (χ0v) is 14.3. The molecule has 22 heavy (non-hydrogen) atoms. The number of hydrazone groups is 1. The first-order valence-electron chi connectivity index (χ1n) is 7.94. The summed E-state index contributed by atoms with van der Waals surface area (Å²) in [5.74, 6) is 1.12. The van der Waals surface area contributed by atoms with Crippen molar-refractivity contribution >= 4 is 15.7 Å². The third kappa shape index (κ3) is 2.78. The van der Waals surface area contributed by atoms with Gasteiger partial charge in [-0.25, -0.2) is 4.83 Å². The number of sulfonamides is 1. The Labute approximate surface area is 133 Å². The van der Waals surface area contributed by atoms with Crippen molar-refractivity contribution in [3.63, 3.8) is 0 Å². The number of nitrogens with one attached hydrogen (secondary N) is 1. The fourth-order valence-corrected chi connectivity index (χ4v) is 4.74. The highest BCUT2D eigenvalue weighted by molar-refractivity contribution is 7.89. The summed E-state index contributed by atoms with van der Waals surface area (Å²) in [6.45, 7) is 6.53. The van der Waals surface area contributed by atoms with E-state index in [4.69, 9.17) is 0 Å². The maximum Gasteiger partial charge on any atom is 0.276 e. The van der Waals surface area contributed by atoms with Gasteiger partial charge in [-0.1, -0.05) is 31.5 Å². The molecule has 0 amide bonds. The second kappa shape index (κ2) is 5.37. The molecule has 1 N–H and O–H groups in total. The van der Waals surface area contributed by atoms with Gasteiger partial charge in [-0.3, -0.25) is 0 Å². The maximum absolute atomic E-state index is 12.3. The van der Waals surface area contributed by atoms with E-state index in [1.165, 1.54) is 6.42 Å². The summed E-state index contributed by atoms with van der Waals surface area (Å²) in [5, 5.41) is 4.28. The van der Waals surface area contributed by atoms with E-state index in [-0.39, 0.29) is 4.90 Å². The lowest BCUT2D eigenvalue weighted by Crippen LogP contribution is -2.50. The van der Waals surface area contributed by atoms with Crippen LogP contribution in [0.1, 0.15) is 45.1 Å². The molecular formula is C17H24N2O2S. The number of hydrogen-bond donors (Lipinski definition) is 1. The van der Waals surface area contributed by atoms with Crippen LogP contribution < -0.4 is 4.83 Å². The van der Waals surface area contributed by atoms with Gasteiger partial charge in [0.1, 0.15) is 0 Å². The highest BCUT2D eigenvalue weighted by Crippen LogP contribution is 2.55. The fraction of sp³-hybridized carbons (Fsp3) is 0.588. The van der Waals surface area contributed by atoms with Crippen molar-refractivity contribution < 1.29 is 8.42 Å². The van der Waals surface area contributed by atoms with Gasteiger partial charge in [-0.05, 0) is 56.1 Å². The lowest BCUT2D eigenvalue weighted by Gasteiger charge is -2.54. The lowest BCUT2D eigenvalue weighted by molar-refractivity contribution is 0.0117. The summed E-state index contributed by atoms with van der Waals surface area (Å²) in [4.78, 5) is 2.70. The molecule has 2 atom stereocenters. The van der Waals surface area contributed by atoms with Crippen molar-refractivity contribution in [3.05, 3.63) is 29.8 Å². The molecular weight excluding hydrogens is 296 g/mol. The average molecular weight is 320 g/mol. The number of rotatable bonds is 3. The van der Waals surface area contributed by atoms with Gasteiger partial charge in [0.15, 0.2) is 0 Å². The summed E-state index contributed by atoms with van der Waals surface area (Å²) in [6.07, 6.45) is 4.37. The molecule has 1 aromatic carbocycles. The molecule has 0 aliphatic heterocycles. The van der Waals surface area contributed by atoms with Gasteiger partial charge in [-0.15, -0.1) is 0 Å². The quantitative estimate of drug-likeness (QED) is 0.867. The van der Waals surface area contributed by atoms with E-state index in [1.807, 2.05) is 6.92 Å². The van der Waals surface area contributed by atoms with Crippen molar-refractivity contribution in [2.24, 2.45) is 22.4 Å². The molecule has 0 heterocycles. The van der Waals surface area contributed by atoms with Crippen LogP contribution in [0.5, 0.6) is 0 Å². The highest BCUT2D eigenvalue weighted by atomic mass is 32.2. The average Bonchev–Trinajstić information content (AvgIpc) is 2.45. The van der Waals surface area contributed by atoms with Crippen LogP contribution in [0.2, 0.25) is 0 Å². The number of benzene rings is 1. The van der Waals surface area contributed by atoms with Gasteiger partial charge >= 0.3 is 0 Å². The molecule has 4 nitrogen and oxygen atoms in total. The minimum Gasteiger partial charge on any atom is -0.200 e. The molecule has 0 bridgehead atoms. The molecule has 2 fully saturated rings. The normalized spacial score (nSPS) is 28.8. The minimum absolute atomic E-state index is 0.267. The highest BCUT2D eigenvalue weighted by Gasteiger charge is 2.50. The number of nitrogens with zero attached hydrogens (tertiary/aromatic N) is 1. The van der Waals surface area contributed by atoms with Crippen molar-refractivity contribution in [1.29, 1.82) is 0 Å². The standard InChI is InChI=1S/C17H24N2O2S/c1-12-7-9-13(10-8-12)22(20,21)19-18-16-6-4-5-15-14(16)11-17(15,2)3/h7-10,14-15,19H,4-6,11H2,1-3H3/b18-16-/t14-,15+/m0/s1. The third-order valence-electron chi connectivity index (χ3n) is 5.25. The summed E-state index contributed by atoms with van der Waals surface area (Å²) in [6, 6.07) is 6.83. The van der Waals surface area contributed by atoms with Crippen LogP contribution in [0.25, 0.3) is 0 Å². The Morgan fingerprint density at radius 3 is 2.55 bits per heavy atom. The van der Waals surface area contributed by atoms with E-state index in [0.29, 0.717) is 17.3 Å². The SMILES string of the molecule is Cc1ccc(S(=O)(=O)N/N=C2/CCC[C@@H]3[C@@H]2CC3(C)C)cc1. The molecule has 1 aromatic rings. The molecule has 3 rings (SSSR count). The van der Waals surface area contributed by atoms with Crippen molar-refractivity contribution in [3.8, 4) is 0 Å². The monoisotopic (exact) mass is 320 g/mol. The molecule has 5 heteroatoms. The molecule has 0 unspecified atom stereocenters. The largest absolute Gasteiger partial charge is 0.276 e. The van der Waals surface area contributed by atoms with Gasteiger partial charge < -0.3 is 0 Å². The predicted octanol–water partition coefficient (Wildman–Crippen LogP) is 3.48. The Morgan fingerprint density at radius 1 is 1.23 bits per heavy atom. The van der Waals surface area contributed by atoms with Crippen molar-refractivity contribution in [2.45, 2.75) is 51.3 Å². The Bertz CT molecular complexity index is 690. The first kappa shape index (κ1) is 15.5. The molecule has 0 saturated heterocycles. The Morgan fingerprint density at radius 2 is 1.91 bits per heavy atom. The maximum atomic E-state index is 12.3. The zero-order valence-electron chi connectivity index (χ0n) is 13.5. The Balaban J connectivity index is 1.75. The third-order valence-corrected chi connectivity index (χ3v) is 6.48. The van der Waals surface area contributed by atoms with Gasteiger partial charge in [0, 0.05) is 11.6 Å². The van der Waals surface area contributed by atoms with Crippen LogP contribution in [0.15, 0.2) is 34.3 Å². The van der Waals surface area contributed by atoms with E-state index in [2.05, 4.69) is 23.8 Å². The molecule has 2 aliphatic carbocycles. The summed E-state index contributed by atoms with van der Waals surface area (Å²) >= 11 is 0. The van der Waals surface area contributed by atoms with E-state index >= 15 is 0 Å². The first-order chi connectivity index (χ1) is 10.3. The molecule has 0 aromatic heterocycles. The number of aryl methyl sites for hydroxylation is 1. The zero-order chi connectivity index (χ0) is 16.0. The summed E-state index contributed by atoms with van der Waals surface area (Å²) < 4.78 is 24.6. The molecule has 2 saturated carbocycles. The van der Waals surface area contributed by atoms with Gasteiger partial charge in [-0.2, -0.15) is 13.5 Å². The molecule has 120 valence electrons. The number of fused-ring (bicyclic) bond motifs is 1. The summed E-state index contributed by atoms with van der Waals surface area (Å²) in [5.41, 5.74) is 2.45. The first-order valence-corrected chi connectivity index (χ1v) is 9.43. The fourth-order valence-electron chi connectivity index (χ4n) is 3.90. The molecule has 2 aliphatic rings. The topological polar surface area (TPSA) is 58.5 Å². The summed E-state index contributed by atoms with van der Waals surface area (Å²) in [7, 11) is -3.56.